The number of aromatic nitrogens is 2. The maximum atomic E-state index is 7.38. The van der Waals surface area contributed by atoms with E-state index in [0.29, 0.717) is 0 Å². The van der Waals surface area contributed by atoms with Crippen molar-refractivity contribution in [3.8, 4) is 5.69 Å². The molecule has 0 atom stereocenters. The van der Waals surface area contributed by atoms with Gasteiger partial charge in [0.1, 0.15) is 5.84 Å². The molecule has 0 unspecified atom stereocenters. The molecule has 2 rings (SSSR count). The van der Waals surface area contributed by atoms with E-state index in [1.165, 1.54) is 0 Å². The fourth-order valence-corrected chi connectivity index (χ4v) is 1.51. The summed E-state index contributed by atoms with van der Waals surface area (Å²) in [6, 6.07) is 7.57. The maximum absolute atomic E-state index is 7.38. The van der Waals surface area contributed by atoms with Gasteiger partial charge in [-0.2, -0.15) is 5.10 Å². The first-order chi connectivity index (χ1) is 7.18. The van der Waals surface area contributed by atoms with Crippen molar-refractivity contribution in [2.24, 2.45) is 5.73 Å². The smallest absolute Gasteiger partial charge is 0.123 e. The zero-order chi connectivity index (χ0) is 10.8. The largest absolute Gasteiger partial charge is 0.384 e. The van der Waals surface area contributed by atoms with Crippen LogP contribution in [-0.2, 0) is 0 Å². The minimum atomic E-state index is 0.0968. The molecule has 0 bridgehead atoms. The Labute approximate surface area is 87.9 Å². The molecule has 0 aliphatic carbocycles. The summed E-state index contributed by atoms with van der Waals surface area (Å²) in [5.74, 6) is 0.0968. The van der Waals surface area contributed by atoms with Crippen molar-refractivity contribution in [3.63, 3.8) is 0 Å². The van der Waals surface area contributed by atoms with Gasteiger partial charge in [-0.05, 0) is 36.8 Å². The number of nitrogens with two attached hydrogens (primary N) is 1. The molecule has 4 nitrogen and oxygen atoms in total. The van der Waals surface area contributed by atoms with Crippen LogP contribution in [0.1, 0.15) is 11.1 Å². The van der Waals surface area contributed by atoms with Crippen LogP contribution in [0.4, 0.5) is 0 Å². The van der Waals surface area contributed by atoms with E-state index in [1.54, 1.807) is 10.9 Å². The Morgan fingerprint density at radius 1 is 1.47 bits per heavy atom. The van der Waals surface area contributed by atoms with Crippen LogP contribution in [0, 0.1) is 12.3 Å². The molecule has 1 aromatic carbocycles. The van der Waals surface area contributed by atoms with Crippen LogP contribution < -0.4 is 5.73 Å². The Balaban J connectivity index is 2.47. The predicted octanol–water partition coefficient (Wildman–Crippen LogP) is 1.46. The van der Waals surface area contributed by atoms with Crippen molar-refractivity contribution in [2.75, 3.05) is 0 Å². The molecule has 76 valence electrons. The molecule has 0 fully saturated rings. The van der Waals surface area contributed by atoms with Crippen LogP contribution in [0.5, 0.6) is 0 Å². The monoisotopic (exact) mass is 200 g/mol. The average Bonchev–Trinajstić information content (AvgIpc) is 2.69. The number of nitrogens with zero attached hydrogens (tertiary/aromatic N) is 2. The van der Waals surface area contributed by atoms with E-state index in [0.717, 1.165) is 16.8 Å². The van der Waals surface area contributed by atoms with Gasteiger partial charge >= 0.3 is 0 Å². The Hall–Kier alpha value is -2.10. The minimum Gasteiger partial charge on any atom is -0.384 e. The summed E-state index contributed by atoms with van der Waals surface area (Å²) in [5, 5.41) is 11.5. The third-order valence-corrected chi connectivity index (χ3v) is 2.27. The van der Waals surface area contributed by atoms with Crippen LogP contribution in [0.2, 0.25) is 0 Å². The molecule has 1 heterocycles. The lowest BCUT2D eigenvalue weighted by atomic mass is 10.1. The Kier molecular flexibility index (Phi) is 2.25. The highest BCUT2D eigenvalue weighted by molar-refractivity contribution is 5.96. The van der Waals surface area contributed by atoms with E-state index in [-0.39, 0.29) is 5.84 Å². The van der Waals surface area contributed by atoms with Gasteiger partial charge in [0, 0.05) is 18.0 Å². The number of aryl methyl sites for hydroxylation is 1. The van der Waals surface area contributed by atoms with Gasteiger partial charge in [-0.3, -0.25) is 5.41 Å². The van der Waals surface area contributed by atoms with Crippen LogP contribution in [0.15, 0.2) is 36.7 Å². The normalized spacial score (nSPS) is 10.2. The van der Waals surface area contributed by atoms with Crippen LogP contribution >= 0.6 is 0 Å². The van der Waals surface area contributed by atoms with Crippen molar-refractivity contribution in [2.45, 2.75) is 6.92 Å². The zero-order valence-electron chi connectivity index (χ0n) is 8.44. The first-order valence-corrected chi connectivity index (χ1v) is 4.63. The molecule has 1 aromatic heterocycles. The molecular formula is C11H12N4. The molecule has 3 N–H and O–H groups in total. The fraction of sp³-hybridized carbons (Fsp3) is 0.0909. The summed E-state index contributed by atoms with van der Waals surface area (Å²) < 4.78 is 1.77. The minimum absolute atomic E-state index is 0.0968. The van der Waals surface area contributed by atoms with Crippen molar-refractivity contribution in [1.29, 1.82) is 5.41 Å². The van der Waals surface area contributed by atoms with E-state index in [4.69, 9.17) is 11.1 Å². The highest BCUT2D eigenvalue weighted by Gasteiger charge is 2.03. The van der Waals surface area contributed by atoms with E-state index >= 15 is 0 Å². The number of nitrogens with one attached hydrogen (secondary N) is 1. The molecule has 0 saturated heterocycles. The third kappa shape index (κ3) is 1.74. The molecule has 4 heteroatoms. The van der Waals surface area contributed by atoms with E-state index < -0.39 is 0 Å². The molecular weight excluding hydrogens is 188 g/mol. The number of amidine groups is 1. The summed E-state index contributed by atoms with van der Waals surface area (Å²) in [6.45, 7) is 1.93. The van der Waals surface area contributed by atoms with Crippen molar-refractivity contribution in [3.05, 3.63) is 47.8 Å². The summed E-state index contributed by atoms with van der Waals surface area (Å²) in [7, 11) is 0. The molecule has 2 aromatic rings. The Morgan fingerprint density at radius 3 is 2.80 bits per heavy atom. The molecule has 0 radical (unpaired) electrons. The molecule has 0 spiro atoms. The lowest BCUT2D eigenvalue weighted by Gasteiger charge is -2.06. The standard InChI is InChI=1S/C11H12N4/c1-8-7-9(15-6-2-5-14-15)3-4-10(8)11(12)13/h2-7H,1H3,(H3,12,13). The first kappa shape index (κ1) is 9.45. The second kappa shape index (κ2) is 3.57. The van der Waals surface area contributed by atoms with Crippen LogP contribution in [0.25, 0.3) is 5.69 Å². The number of hydrogen-bond acceptors (Lipinski definition) is 2. The van der Waals surface area contributed by atoms with Crippen LogP contribution in [-0.4, -0.2) is 15.6 Å². The van der Waals surface area contributed by atoms with Gasteiger partial charge in [0.15, 0.2) is 0 Å². The topological polar surface area (TPSA) is 67.7 Å². The van der Waals surface area contributed by atoms with E-state index in [1.807, 2.05) is 37.4 Å². The van der Waals surface area contributed by atoms with Gasteiger partial charge in [0.2, 0.25) is 0 Å². The molecule has 0 amide bonds. The lowest BCUT2D eigenvalue weighted by Crippen LogP contribution is -2.13. The molecule has 0 aliphatic heterocycles. The highest BCUT2D eigenvalue weighted by atomic mass is 15.3. The molecule has 15 heavy (non-hydrogen) atoms. The first-order valence-electron chi connectivity index (χ1n) is 4.63. The quantitative estimate of drug-likeness (QED) is 0.569. The molecule has 0 saturated carbocycles. The number of hydrogen-bond donors (Lipinski definition) is 2. The van der Waals surface area contributed by atoms with E-state index in [9.17, 15) is 0 Å². The highest BCUT2D eigenvalue weighted by Crippen LogP contribution is 2.13. The SMILES string of the molecule is Cc1cc(-n2cccn2)ccc1C(=N)N. The summed E-state index contributed by atoms with van der Waals surface area (Å²) in [6.07, 6.45) is 3.61. The van der Waals surface area contributed by atoms with Crippen molar-refractivity contribution < 1.29 is 0 Å². The number of benzene rings is 1. The van der Waals surface area contributed by atoms with Crippen molar-refractivity contribution in [1.82, 2.24) is 9.78 Å². The van der Waals surface area contributed by atoms with Gasteiger partial charge in [-0.15, -0.1) is 0 Å². The second-order valence-corrected chi connectivity index (χ2v) is 3.36. The zero-order valence-corrected chi connectivity index (χ0v) is 8.44. The number of rotatable bonds is 2. The summed E-state index contributed by atoms with van der Waals surface area (Å²) in [4.78, 5) is 0. The van der Waals surface area contributed by atoms with Gasteiger partial charge in [-0.1, -0.05) is 0 Å². The summed E-state index contributed by atoms with van der Waals surface area (Å²) >= 11 is 0. The lowest BCUT2D eigenvalue weighted by molar-refractivity contribution is 0.879. The van der Waals surface area contributed by atoms with Gasteiger partial charge in [0.25, 0.3) is 0 Å². The Morgan fingerprint density at radius 2 is 2.27 bits per heavy atom. The Bertz CT molecular complexity index is 485. The maximum Gasteiger partial charge on any atom is 0.123 e. The van der Waals surface area contributed by atoms with Crippen LogP contribution in [0.3, 0.4) is 0 Å². The average molecular weight is 200 g/mol. The fourth-order valence-electron chi connectivity index (χ4n) is 1.51. The predicted molar refractivity (Wildman–Crippen MR) is 59.3 cm³/mol. The third-order valence-electron chi connectivity index (χ3n) is 2.27. The second-order valence-electron chi connectivity index (χ2n) is 3.36. The van der Waals surface area contributed by atoms with Gasteiger partial charge < -0.3 is 5.73 Å². The van der Waals surface area contributed by atoms with Gasteiger partial charge in [-0.25, -0.2) is 4.68 Å². The number of nitrogen functional groups attached to an aromatic ring is 1. The van der Waals surface area contributed by atoms with E-state index in [2.05, 4.69) is 5.10 Å². The summed E-state index contributed by atoms with van der Waals surface area (Å²) in [5.41, 5.74) is 8.17. The molecule has 0 aliphatic rings. The van der Waals surface area contributed by atoms with Crippen molar-refractivity contribution >= 4 is 5.84 Å². The van der Waals surface area contributed by atoms with Gasteiger partial charge in [0.05, 0.1) is 5.69 Å².